The van der Waals surface area contributed by atoms with Crippen molar-refractivity contribution in [3.63, 3.8) is 0 Å². The first kappa shape index (κ1) is 22.3. The van der Waals surface area contributed by atoms with E-state index >= 15 is 0 Å². The summed E-state index contributed by atoms with van der Waals surface area (Å²) in [5.74, 6) is 0.546. The van der Waals surface area contributed by atoms with Crippen molar-refractivity contribution in [2.24, 2.45) is 0 Å². The maximum atomic E-state index is 13.5. The van der Waals surface area contributed by atoms with Gasteiger partial charge in [-0.2, -0.15) is 4.98 Å². The average molecular weight is 487 g/mol. The Bertz CT molecular complexity index is 1450. The molecule has 1 aliphatic rings. The van der Waals surface area contributed by atoms with Crippen molar-refractivity contribution in [3.05, 3.63) is 111 Å². The molecule has 1 amide bonds. The predicted molar refractivity (Wildman–Crippen MR) is 133 cm³/mol. The van der Waals surface area contributed by atoms with E-state index in [0.29, 0.717) is 39.3 Å². The molecule has 35 heavy (non-hydrogen) atoms. The molecule has 10 heteroatoms. The maximum absolute atomic E-state index is 13.5. The lowest BCUT2D eigenvalue weighted by molar-refractivity contribution is -0.384. The highest BCUT2D eigenvalue weighted by Crippen LogP contribution is 2.37. The summed E-state index contributed by atoms with van der Waals surface area (Å²) in [5.41, 5.74) is 3.17. The minimum atomic E-state index is -0.577. The van der Waals surface area contributed by atoms with Crippen molar-refractivity contribution < 1.29 is 9.72 Å². The number of non-ortho nitro benzene ring substituents is 1. The molecule has 0 spiro atoms. The van der Waals surface area contributed by atoms with Crippen molar-refractivity contribution in [1.82, 2.24) is 14.8 Å². The molecular formula is C25H19ClN6O3. The third-order valence-corrected chi connectivity index (χ3v) is 5.90. The third-order valence-electron chi connectivity index (χ3n) is 5.65. The van der Waals surface area contributed by atoms with Crippen molar-refractivity contribution in [3.8, 4) is 11.4 Å². The Morgan fingerprint density at radius 2 is 1.74 bits per heavy atom. The number of nitrogens with zero attached hydrogens (tertiary/aromatic N) is 4. The summed E-state index contributed by atoms with van der Waals surface area (Å²) in [6.07, 6.45) is 0. The van der Waals surface area contributed by atoms with Gasteiger partial charge in [0, 0.05) is 34.1 Å². The number of nitro groups is 1. The highest BCUT2D eigenvalue weighted by Gasteiger charge is 2.34. The topological polar surface area (TPSA) is 115 Å². The van der Waals surface area contributed by atoms with Crippen LogP contribution in [0.4, 0.5) is 17.3 Å². The predicted octanol–water partition coefficient (Wildman–Crippen LogP) is 5.43. The lowest BCUT2D eigenvalue weighted by Gasteiger charge is -2.28. The molecule has 1 atom stereocenters. The molecule has 0 saturated carbocycles. The molecule has 1 aliphatic heterocycles. The van der Waals surface area contributed by atoms with E-state index in [-0.39, 0.29) is 11.6 Å². The quantitative estimate of drug-likeness (QED) is 0.287. The number of amides is 1. The summed E-state index contributed by atoms with van der Waals surface area (Å²) < 4.78 is 1.65. The first-order valence-electron chi connectivity index (χ1n) is 10.7. The van der Waals surface area contributed by atoms with Crippen LogP contribution in [-0.2, 0) is 4.79 Å². The molecule has 0 fully saturated rings. The van der Waals surface area contributed by atoms with E-state index in [4.69, 9.17) is 11.6 Å². The van der Waals surface area contributed by atoms with Crippen LogP contribution >= 0.6 is 11.6 Å². The molecule has 4 aromatic rings. The van der Waals surface area contributed by atoms with Gasteiger partial charge in [-0.1, -0.05) is 41.9 Å². The van der Waals surface area contributed by atoms with E-state index in [2.05, 4.69) is 20.7 Å². The number of para-hydroxylation sites is 1. The summed E-state index contributed by atoms with van der Waals surface area (Å²) in [5, 5.41) is 22.4. The Kier molecular flexibility index (Phi) is 5.76. The number of carbonyl (C=O) groups excluding carboxylic acids is 1. The molecule has 5 rings (SSSR count). The van der Waals surface area contributed by atoms with Gasteiger partial charge in [0.15, 0.2) is 5.82 Å². The van der Waals surface area contributed by atoms with E-state index in [0.717, 1.165) is 5.56 Å². The number of halogens is 1. The van der Waals surface area contributed by atoms with Crippen LogP contribution < -0.4 is 10.6 Å². The molecule has 0 saturated heterocycles. The van der Waals surface area contributed by atoms with Crippen molar-refractivity contribution in [1.29, 1.82) is 0 Å². The van der Waals surface area contributed by atoms with Gasteiger partial charge in [-0.3, -0.25) is 14.9 Å². The van der Waals surface area contributed by atoms with E-state index < -0.39 is 11.0 Å². The normalized spacial score (nSPS) is 14.7. The Balaban J connectivity index is 1.58. The lowest BCUT2D eigenvalue weighted by Crippen LogP contribution is -2.31. The zero-order valence-electron chi connectivity index (χ0n) is 18.5. The zero-order chi connectivity index (χ0) is 24.5. The van der Waals surface area contributed by atoms with Crippen LogP contribution in [0.25, 0.3) is 11.4 Å². The first-order chi connectivity index (χ1) is 16.9. The Morgan fingerprint density at radius 3 is 2.40 bits per heavy atom. The Hall–Kier alpha value is -4.50. The van der Waals surface area contributed by atoms with Gasteiger partial charge in [-0.15, -0.1) is 5.10 Å². The molecule has 2 heterocycles. The van der Waals surface area contributed by atoms with Gasteiger partial charge in [0.25, 0.3) is 11.6 Å². The van der Waals surface area contributed by atoms with Crippen LogP contribution in [-0.4, -0.2) is 25.6 Å². The average Bonchev–Trinajstić information content (AvgIpc) is 3.28. The van der Waals surface area contributed by atoms with Gasteiger partial charge >= 0.3 is 0 Å². The number of allylic oxidation sites excluding steroid dienone is 1. The molecule has 2 N–H and O–H groups in total. The van der Waals surface area contributed by atoms with E-state index in [9.17, 15) is 14.9 Å². The smallest absolute Gasteiger partial charge is 0.269 e. The number of fused-ring (bicyclic) bond motifs is 1. The van der Waals surface area contributed by atoms with Crippen LogP contribution in [0.1, 0.15) is 18.5 Å². The number of nitro benzene ring substituents is 1. The number of hydrogen-bond donors (Lipinski definition) is 2. The van der Waals surface area contributed by atoms with Crippen LogP contribution in [0, 0.1) is 10.1 Å². The number of benzene rings is 3. The SMILES string of the molecule is CC1=C(C(=O)Nc2ccccc2)[C@@H](c2ccc(Cl)cc2)n2nc(-c3ccc([N+](=O)[O-])cc3)nc2N1. The number of anilines is 2. The molecule has 174 valence electrons. The molecule has 0 unspecified atom stereocenters. The second kappa shape index (κ2) is 9.03. The molecule has 9 nitrogen and oxygen atoms in total. The van der Waals surface area contributed by atoms with Gasteiger partial charge in [0.1, 0.15) is 6.04 Å². The van der Waals surface area contributed by atoms with Crippen molar-refractivity contribution in [2.45, 2.75) is 13.0 Å². The van der Waals surface area contributed by atoms with Crippen LogP contribution in [0.5, 0.6) is 0 Å². The summed E-state index contributed by atoms with van der Waals surface area (Å²) >= 11 is 6.12. The molecule has 0 radical (unpaired) electrons. The third kappa shape index (κ3) is 4.36. The van der Waals surface area contributed by atoms with Gasteiger partial charge < -0.3 is 10.6 Å². The number of aromatic nitrogens is 3. The minimum absolute atomic E-state index is 0.0210. The van der Waals surface area contributed by atoms with Gasteiger partial charge in [-0.05, 0) is 48.9 Å². The summed E-state index contributed by atoms with van der Waals surface area (Å²) in [6.45, 7) is 1.81. The molecule has 1 aromatic heterocycles. The van der Waals surface area contributed by atoms with E-state index in [1.165, 1.54) is 12.1 Å². The second-order valence-electron chi connectivity index (χ2n) is 7.95. The standard InChI is InChI=1S/C25H19ClN6O3/c1-15-21(24(33)28-19-5-3-2-4-6-19)22(16-7-11-18(26)12-8-16)31-25(27-15)29-23(30-31)17-9-13-20(14-10-17)32(34)35/h2-14,22H,1H3,(H,28,33)(H,27,29,30)/t22-/m1/s1. The number of nitrogens with one attached hydrogen (secondary N) is 2. The summed E-state index contributed by atoms with van der Waals surface area (Å²) in [7, 11) is 0. The van der Waals surface area contributed by atoms with E-state index in [1.807, 2.05) is 49.4 Å². The second-order valence-corrected chi connectivity index (χ2v) is 8.38. The highest BCUT2D eigenvalue weighted by molar-refractivity contribution is 6.30. The zero-order valence-corrected chi connectivity index (χ0v) is 19.2. The molecule has 3 aromatic carbocycles. The van der Waals surface area contributed by atoms with Gasteiger partial charge in [-0.25, -0.2) is 4.68 Å². The lowest BCUT2D eigenvalue weighted by atomic mass is 9.95. The summed E-state index contributed by atoms with van der Waals surface area (Å²) in [4.78, 5) is 28.6. The monoisotopic (exact) mass is 486 g/mol. The molecular weight excluding hydrogens is 468 g/mol. The minimum Gasteiger partial charge on any atom is -0.328 e. The van der Waals surface area contributed by atoms with Crippen LogP contribution in [0.3, 0.4) is 0 Å². The Labute approximate surface area is 205 Å². The fourth-order valence-corrected chi connectivity index (χ4v) is 4.10. The number of carbonyl (C=O) groups is 1. The fourth-order valence-electron chi connectivity index (χ4n) is 3.97. The molecule has 0 aliphatic carbocycles. The largest absolute Gasteiger partial charge is 0.328 e. The van der Waals surface area contributed by atoms with Crippen LogP contribution in [0.15, 0.2) is 90.1 Å². The molecule has 0 bridgehead atoms. The van der Waals surface area contributed by atoms with Gasteiger partial charge in [0.05, 0.1) is 10.5 Å². The summed E-state index contributed by atoms with van der Waals surface area (Å²) in [6, 6.07) is 21.8. The number of hydrogen-bond acceptors (Lipinski definition) is 6. The van der Waals surface area contributed by atoms with Crippen molar-refractivity contribution in [2.75, 3.05) is 10.6 Å². The first-order valence-corrected chi connectivity index (χ1v) is 11.1. The highest BCUT2D eigenvalue weighted by atomic mass is 35.5. The fraction of sp³-hybridized carbons (Fsp3) is 0.0800. The maximum Gasteiger partial charge on any atom is 0.269 e. The van der Waals surface area contributed by atoms with Crippen molar-refractivity contribution >= 4 is 34.8 Å². The number of rotatable bonds is 5. The Morgan fingerprint density at radius 1 is 1.06 bits per heavy atom. The van der Waals surface area contributed by atoms with Gasteiger partial charge in [0.2, 0.25) is 5.95 Å². The van der Waals surface area contributed by atoms with Crippen LogP contribution in [0.2, 0.25) is 5.02 Å². The van der Waals surface area contributed by atoms with E-state index in [1.54, 1.807) is 28.9 Å².